The summed E-state index contributed by atoms with van der Waals surface area (Å²) in [6.07, 6.45) is -0.933. The van der Waals surface area contributed by atoms with Gasteiger partial charge in [0.25, 0.3) is 5.91 Å². The Morgan fingerprint density at radius 2 is 1.94 bits per heavy atom. The van der Waals surface area contributed by atoms with Crippen LogP contribution >= 0.6 is 0 Å². The van der Waals surface area contributed by atoms with Crippen LogP contribution in [0.3, 0.4) is 0 Å². The standard InChI is InChI=1S/C22H20F3N3O3/c1-21(30)8-11-28(13-21)17-3-2-15(22(23,24)25)12-16(17)27-20(29)19-5-4-18(31-19)14-6-9-26-10-7-14/h2-7,9-10,12,30H,8,11,13H2,1H3,(H,27,29). The Bertz CT molecular complexity index is 1090. The summed E-state index contributed by atoms with van der Waals surface area (Å²) in [6, 6.07) is 9.66. The molecule has 0 aliphatic carbocycles. The lowest BCUT2D eigenvalue weighted by molar-refractivity contribution is -0.137. The maximum absolute atomic E-state index is 13.3. The van der Waals surface area contributed by atoms with Crippen molar-refractivity contribution in [1.82, 2.24) is 4.98 Å². The fraction of sp³-hybridized carbons (Fsp3) is 0.273. The highest BCUT2D eigenvalue weighted by Crippen LogP contribution is 2.38. The monoisotopic (exact) mass is 431 g/mol. The molecule has 2 aromatic heterocycles. The van der Waals surface area contributed by atoms with E-state index in [9.17, 15) is 23.1 Å². The average molecular weight is 431 g/mol. The van der Waals surface area contributed by atoms with Crippen LogP contribution in [0.4, 0.5) is 24.5 Å². The fourth-order valence-corrected chi connectivity index (χ4v) is 3.55. The number of halogens is 3. The Labute approximate surface area is 176 Å². The zero-order valence-electron chi connectivity index (χ0n) is 16.6. The summed E-state index contributed by atoms with van der Waals surface area (Å²) >= 11 is 0. The van der Waals surface area contributed by atoms with Gasteiger partial charge in [-0.1, -0.05) is 0 Å². The highest BCUT2D eigenvalue weighted by molar-refractivity contribution is 6.04. The summed E-state index contributed by atoms with van der Waals surface area (Å²) in [7, 11) is 0. The molecule has 9 heteroatoms. The molecule has 1 aliphatic rings. The molecule has 1 fully saturated rings. The summed E-state index contributed by atoms with van der Waals surface area (Å²) in [5.74, 6) is -0.275. The molecule has 31 heavy (non-hydrogen) atoms. The van der Waals surface area contributed by atoms with E-state index in [1.807, 2.05) is 0 Å². The van der Waals surface area contributed by atoms with E-state index in [1.165, 1.54) is 12.1 Å². The van der Waals surface area contributed by atoms with E-state index >= 15 is 0 Å². The number of hydrogen-bond donors (Lipinski definition) is 2. The number of anilines is 2. The van der Waals surface area contributed by atoms with Crippen molar-refractivity contribution in [2.45, 2.75) is 25.1 Å². The van der Waals surface area contributed by atoms with Crippen LogP contribution < -0.4 is 10.2 Å². The molecule has 1 saturated heterocycles. The molecule has 0 saturated carbocycles. The van der Waals surface area contributed by atoms with Crippen LogP contribution in [0.15, 0.2) is 59.3 Å². The first-order valence-corrected chi connectivity index (χ1v) is 9.63. The van der Waals surface area contributed by atoms with E-state index in [0.717, 1.165) is 12.1 Å². The molecule has 3 aromatic rings. The van der Waals surface area contributed by atoms with Gasteiger partial charge in [-0.2, -0.15) is 13.2 Å². The van der Waals surface area contributed by atoms with Crippen molar-refractivity contribution in [3.63, 3.8) is 0 Å². The van der Waals surface area contributed by atoms with Gasteiger partial charge in [-0.05, 0) is 55.8 Å². The second-order valence-electron chi connectivity index (χ2n) is 7.75. The van der Waals surface area contributed by atoms with Gasteiger partial charge in [0, 0.05) is 31.0 Å². The summed E-state index contributed by atoms with van der Waals surface area (Å²) in [5, 5.41) is 12.8. The number of nitrogens with one attached hydrogen (secondary N) is 1. The maximum atomic E-state index is 13.3. The summed E-state index contributed by atoms with van der Waals surface area (Å²) < 4.78 is 45.4. The molecule has 1 aliphatic heterocycles. The summed E-state index contributed by atoms with van der Waals surface area (Å²) in [5.41, 5.74) is -0.716. The Kier molecular flexibility index (Phi) is 5.22. The van der Waals surface area contributed by atoms with Crippen molar-refractivity contribution in [3.05, 3.63) is 66.2 Å². The SMILES string of the molecule is CC1(O)CCN(c2ccc(C(F)(F)F)cc2NC(=O)c2ccc(-c3ccncc3)o2)C1. The minimum Gasteiger partial charge on any atom is -0.451 e. The van der Waals surface area contributed by atoms with Crippen molar-refractivity contribution in [3.8, 4) is 11.3 Å². The lowest BCUT2D eigenvalue weighted by Gasteiger charge is -2.24. The van der Waals surface area contributed by atoms with E-state index in [0.29, 0.717) is 30.0 Å². The Hall–Kier alpha value is -3.33. The topological polar surface area (TPSA) is 78.6 Å². The molecule has 1 aromatic carbocycles. The molecule has 0 bridgehead atoms. The second-order valence-corrected chi connectivity index (χ2v) is 7.75. The van der Waals surface area contributed by atoms with Gasteiger partial charge in [-0.3, -0.25) is 9.78 Å². The van der Waals surface area contributed by atoms with Crippen molar-refractivity contribution >= 4 is 17.3 Å². The number of pyridine rings is 1. The number of carbonyl (C=O) groups is 1. The van der Waals surface area contributed by atoms with Crippen LogP contribution in [0, 0.1) is 0 Å². The predicted octanol–water partition coefficient (Wildman–Crippen LogP) is 4.57. The smallest absolute Gasteiger partial charge is 0.416 e. The van der Waals surface area contributed by atoms with Crippen LogP contribution in [0.2, 0.25) is 0 Å². The van der Waals surface area contributed by atoms with Crippen LogP contribution in [0.25, 0.3) is 11.3 Å². The van der Waals surface area contributed by atoms with Crippen molar-refractivity contribution in [2.75, 3.05) is 23.3 Å². The number of furan rings is 1. The normalized spacial score (nSPS) is 18.9. The van der Waals surface area contributed by atoms with E-state index in [2.05, 4.69) is 10.3 Å². The lowest BCUT2D eigenvalue weighted by atomic mass is 10.1. The largest absolute Gasteiger partial charge is 0.451 e. The molecular weight excluding hydrogens is 411 g/mol. The number of benzene rings is 1. The molecular formula is C22H20F3N3O3. The zero-order valence-corrected chi connectivity index (χ0v) is 16.6. The molecule has 3 heterocycles. The van der Waals surface area contributed by atoms with Gasteiger partial charge < -0.3 is 19.7 Å². The molecule has 6 nitrogen and oxygen atoms in total. The molecule has 1 atom stereocenters. The lowest BCUT2D eigenvalue weighted by Crippen LogP contribution is -2.30. The van der Waals surface area contributed by atoms with Gasteiger partial charge in [-0.25, -0.2) is 0 Å². The number of rotatable bonds is 4. The number of alkyl halides is 3. The number of aliphatic hydroxyl groups is 1. The highest BCUT2D eigenvalue weighted by atomic mass is 19.4. The van der Waals surface area contributed by atoms with E-state index < -0.39 is 23.2 Å². The van der Waals surface area contributed by atoms with Gasteiger partial charge in [0.05, 0.1) is 22.5 Å². The summed E-state index contributed by atoms with van der Waals surface area (Å²) in [4.78, 5) is 18.4. The van der Waals surface area contributed by atoms with E-state index in [1.54, 1.807) is 42.4 Å². The number of nitrogens with zero attached hydrogens (tertiary/aromatic N) is 2. The third-order valence-corrected chi connectivity index (χ3v) is 5.16. The molecule has 0 radical (unpaired) electrons. The van der Waals surface area contributed by atoms with E-state index in [-0.39, 0.29) is 18.0 Å². The van der Waals surface area contributed by atoms with Crippen LogP contribution in [-0.2, 0) is 6.18 Å². The first kappa shape index (κ1) is 20.9. The third kappa shape index (κ3) is 4.56. The number of amides is 1. The number of β-amino-alcohol motifs (C(OH)–C–C–N with tert-alkyl or cyclic N) is 1. The first-order valence-electron chi connectivity index (χ1n) is 9.63. The van der Waals surface area contributed by atoms with Crippen molar-refractivity contribution < 1.29 is 27.5 Å². The van der Waals surface area contributed by atoms with Gasteiger partial charge in [-0.15, -0.1) is 0 Å². The second kappa shape index (κ2) is 7.73. The van der Waals surface area contributed by atoms with Crippen molar-refractivity contribution in [1.29, 1.82) is 0 Å². The minimum absolute atomic E-state index is 0.000568. The van der Waals surface area contributed by atoms with Gasteiger partial charge in [0.15, 0.2) is 5.76 Å². The van der Waals surface area contributed by atoms with Crippen molar-refractivity contribution in [2.24, 2.45) is 0 Å². The zero-order chi connectivity index (χ0) is 22.2. The molecule has 0 spiro atoms. The average Bonchev–Trinajstić information content (AvgIpc) is 3.35. The Morgan fingerprint density at radius 3 is 2.58 bits per heavy atom. The van der Waals surface area contributed by atoms with Crippen LogP contribution in [-0.4, -0.2) is 34.7 Å². The molecule has 1 amide bonds. The fourth-order valence-electron chi connectivity index (χ4n) is 3.55. The highest BCUT2D eigenvalue weighted by Gasteiger charge is 2.35. The Balaban J connectivity index is 1.63. The number of hydrogen-bond acceptors (Lipinski definition) is 5. The van der Waals surface area contributed by atoms with Gasteiger partial charge in [0.1, 0.15) is 5.76 Å². The quantitative estimate of drug-likeness (QED) is 0.633. The molecule has 2 N–H and O–H groups in total. The first-order chi connectivity index (χ1) is 14.6. The van der Waals surface area contributed by atoms with Gasteiger partial charge in [0.2, 0.25) is 0 Å². The number of aromatic nitrogens is 1. The summed E-state index contributed by atoms with van der Waals surface area (Å²) in [6.45, 7) is 2.36. The molecule has 162 valence electrons. The third-order valence-electron chi connectivity index (χ3n) is 5.16. The molecule has 1 unspecified atom stereocenters. The number of carbonyl (C=O) groups excluding carboxylic acids is 1. The van der Waals surface area contributed by atoms with E-state index in [4.69, 9.17) is 4.42 Å². The minimum atomic E-state index is -4.56. The predicted molar refractivity (Wildman–Crippen MR) is 109 cm³/mol. The van der Waals surface area contributed by atoms with Crippen LogP contribution in [0.5, 0.6) is 0 Å². The van der Waals surface area contributed by atoms with Crippen LogP contribution in [0.1, 0.15) is 29.5 Å². The maximum Gasteiger partial charge on any atom is 0.416 e. The Morgan fingerprint density at radius 1 is 1.19 bits per heavy atom. The van der Waals surface area contributed by atoms with Gasteiger partial charge >= 0.3 is 6.18 Å². The molecule has 4 rings (SSSR count).